The van der Waals surface area contributed by atoms with Crippen molar-refractivity contribution >= 4 is 40.6 Å². The van der Waals surface area contributed by atoms with Gasteiger partial charge in [0.25, 0.3) is 0 Å². The minimum atomic E-state index is -4.56. The summed E-state index contributed by atoms with van der Waals surface area (Å²) in [6.45, 7) is 8.20. The number of para-hydroxylation sites is 1. The molecule has 0 saturated heterocycles. The predicted molar refractivity (Wildman–Crippen MR) is 117 cm³/mol. The van der Waals surface area contributed by atoms with Crippen molar-refractivity contribution in [3.63, 3.8) is 0 Å². The Hall–Kier alpha value is -2.26. The van der Waals surface area contributed by atoms with Crippen molar-refractivity contribution in [3.05, 3.63) is 52.2 Å². The van der Waals surface area contributed by atoms with Crippen molar-refractivity contribution in [2.45, 2.75) is 50.9 Å². The largest absolute Gasteiger partial charge is 0.417 e. The van der Waals surface area contributed by atoms with Gasteiger partial charge < -0.3 is 5.32 Å². The van der Waals surface area contributed by atoms with E-state index in [9.17, 15) is 18.0 Å². The second kappa shape index (κ2) is 9.08. The van der Waals surface area contributed by atoms with E-state index in [0.717, 1.165) is 45.2 Å². The summed E-state index contributed by atoms with van der Waals surface area (Å²) in [6, 6.07) is 6.74. The topological polar surface area (TPSA) is 59.3 Å². The van der Waals surface area contributed by atoms with Gasteiger partial charge in [-0.1, -0.05) is 69.3 Å². The van der Waals surface area contributed by atoms with E-state index in [1.807, 2.05) is 45.9 Å². The van der Waals surface area contributed by atoms with Crippen LogP contribution >= 0.6 is 23.4 Å². The minimum absolute atomic E-state index is 0.0430. The Morgan fingerprint density at radius 2 is 1.77 bits per heavy atom. The van der Waals surface area contributed by atoms with Crippen LogP contribution < -0.4 is 5.32 Å². The molecular formula is C21H22ClF3N4OS. The van der Waals surface area contributed by atoms with E-state index >= 15 is 0 Å². The van der Waals surface area contributed by atoms with Crippen molar-refractivity contribution < 1.29 is 18.0 Å². The summed E-state index contributed by atoms with van der Waals surface area (Å²) in [4.78, 5) is 12.7. The van der Waals surface area contributed by atoms with Gasteiger partial charge in [0.05, 0.1) is 16.3 Å². The zero-order valence-corrected chi connectivity index (χ0v) is 19.0. The third-order valence-electron chi connectivity index (χ3n) is 4.73. The molecule has 31 heavy (non-hydrogen) atoms. The van der Waals surface area contributed by atoms with Crippen molar-refractivity contribution in [3.8, 4) is 0 Å². The van der Waals surface area contributed by atoms with Crippen LogP contribution in [0, 0.1) is 0 Å². The number of amides is 1. The molecule has 1 amide bonds. The number of benzene rings is 1. The fourth-order valence-corrected chi connectivity index (χ4v) is 4.14. The van der Waals surface area contributed by atoms with E-state index in [1.165, 1.54) is 0 Å². The van der Waals surface area contributed by atoms with Crippen LogP contribution in [0.15, 0.2) is 35.6 Å². The molecule has 3 aromatic rings. The van der Waals surface area contributed by atoms with Gasteiger partial charge in [0.2, 0.25) is 5.91 Å². The third-order valence-corrected chi connectivity index (χ3v) is 5.95. The zero-order chi connectivity index (χ0) is 22.9. The Bertz CT molecular complexity index is 1090. The highest BCUT2D eigenvalue weighted by atomic mass is 35.5. The number of carbonyl (C=O) groups is 1. The van der Waals surface area contributed by atoms with Crippen molar-refractivity contribution in [1.82, 2.24) is 14.6 Å². The van der Waals surface area contributed by atoms with E-state index in [1.54, 1.807) is 0 Å². The van der Waals surface area contributed by atoms with E-state index in [2.05, 4.69) is 15.5 Å². The van der Waals surface area contributed by atoms with Crippen molar-refractivity contribution in [2.75, 3.05) is 11.1 Å². The van der Waals surface area contributed by atoms with E-state index in [0.29, 0.717) is 0 Å². The summed E-state index contributed by atoms with van der Waals surface area (Å²) in [7, 11) is 0. The maximum atomic E-state index is 13.1. The number of rotatable bonds is 6. The van der Waals surface area contributed by atoms with Crippen LogP contribution in [-0.2, 0) is 11.0 Å². The molecule has 10 heteroatoms. The highest BCUT2D eigenvalue weighted by Gasteiger charge is 2.32. The van der Waals surface area contributed by atoms with Gasteiger partial charge in [-0.2, -0.15) is 13.2 Å². The number of anilines is 1. The Balaban J connectivity index is 1.83. The van der Waals surface area contributed by atoms with Crippen LogP contribution in [-0.4, -0.2) is 26.3 Å². The molecule has 0 aliphatic rings. The number of pyridine rings is 1. The quantitative estimate of drug-likeness (QED) is 0.425. The number of hydrogen-bond acceptors (Lipinski definition) is 4. The van der Waals surface area contributed by atoms with Gasteiger partial charge in [-0.15, -0.1) is 10.2 Å². The van der Waals surface area contributed by atoms with Crippen LogP contribution in [0.5, 0.6) is 0 Å². The molecule has 0 bridgehead atoms. The van der Waals surface area contributed by atoms with Crippen LogP contribution in [0.1, 0.15) is 56.2 Å². The van der Waals surface area contributed by atoms with E-state index in [4.69, 9.17) is 11.6 Å². The molecule has 166 valence electrons. The number of nitrogens with zero attached hydrogens (tertiary/aromatic N) is 3. The number of carbonyl (C=O) groups excluding carboxylic acids is 1. The van der Waals surface area contributed by atoms with E-state index < -0.39 is 11.7 Å². The van der Waals surface area contributed by atoms with Crippen molar-refractivity contribution in [1.29, 1.82) is 0 Å². The maximum Gasteiger partial charge on any atom is 0.417 e. The van der Waals surface area contributed by atoms with Crippen LogP contribution in [0.2, 0.25) is 5.02 Å². The lowest BCUT2D eigenvalue weighted by Crippen LogP contribution is -2.18. The number of hydrogen-bond donors (Lipinski definition) is 1. The molecule has 2 heterocycles. The second-order valence-electron chi connectivity index (χ2n) is 7.71. The molecule has 0 fully saturated rings. The zero-order valence-electron chi connectivity index (χ0n) is 17.4. The van der Waals surface area contributed by atoms with Crippen LogP contribution in [0.4, 0.5) is 18.9 Å². The highest BCUT2D eigenvalue weighted by molar-refractivity contribution is 7.99. The van der Waals surface area contributed by atoms with Gasteiger partial charge in [-0.05, 0) is 29.0 Å². The number of aromatic nitrogens is 3. The molecule has 0 unspecified atom stereocenters. The van der Waals surface area contributed by atoms with Crippen LogP contribution in [0.3, 0.4) is 0 Å². The smallest absolute Gasteiger partial charge is 0.325 e. The second-order valence-corrected chi connectivity index (χ2v) is 9.06. The molecule has 0 radical (unpaired) electrons. The molecule has 5 nitrogen and oxygen atoms in total. The standard InChI is InChI=1S/C21H22ClF3N4OS/c1-11(2)14-6-5-7-15(12(3)4)18(14)26-17(30)10-31-20-28-27-19-16(22)8-13(9-29(19)20)21(23,24)25/h5-9,11-12H,10H2,1-4H3,(H,26,30). The summed E-state index contributed by atoms with van der Waals surface area (Å²) in [5, 5.41) is 10.7. The van der Waals surface area contributed by atoms with Gasteiger partial charge in [0.1, 0.15) is 0 Å². The van der Waals surface area contributed by atoms with Gasteiger partial charge in [-0.3, -0.25) is 9.20 Å². The molecule has 0 aliphatic heterocycles. The summed E-state index contributed by atoms with van der Waals surface area (Å²) in [6.07, 6.45) is -3.68. The first-order valence-electron chi connectivity index (χ1n) is 9.66. The molecule has 0 spiro atoms. The van der Waals surface area contributed by atoms with Gasteiger partial charge >= 0.3 is 6.18 Å². The Labute approximate surface area is 187 Å². The molecule has 1 aromatic carbocycles. The molecule has 3 rings (SSSR count). The molecule has 0 saturated carbocycles. The first-order chi connectivity index (χ1) is 14.5. The third kappa shape index (κ3) is 5.15. The minimum Gasteiger partial charge on any atom is -0.325 e. The number of nitrogens with one attached hydrogen (secondary N) is 1. The number of alkyl halides is 3. The Morgan fingerprint density at radius 3 is 2.32 bits per heavy atom. The van der Waals surface area contributed by atoms with Gasteiger partial charge in [0, 0.05) is 11.9 Å². The fraction of sp³-hybridized carbons (Fsp3) is 0.381. The van der Waals surface area contributed by atoms with Gasteiger partial charge in [-0.25, -0.2) is 0 Å². The number of fused-ring (bicyclic) bond motifs is 1. The van der Waals surface area contributed by atoms with Crippen LogP contribution in [0.25, 0.3) is 5.65 Å². The lowest BCUT2D eigenvalue weighted by molar-refractivity contribution is -0.137. The maximum absolute atomic E-state index is 13.1. The summed E-state index contributed by atoms with van der Waals surface area (Å²) >= 11 is 6.93. The lowest BCUT2D eigenvalue weighted by Gasteiger charge is -2.20. The average Bonchev–Trinajstić information content (AvgIpc) is 3.09. The summed E-state index contributed by atoms with van der Waals surface area (Å²) in [5.41, 5.74) is 2.03. The number of thioether (sulfide) groups is 1. The average molecular weight is 471 g/mol. The highest BCUT2D eigenvalue weighted by Crippen LogP contribution is 2.34. The summed E-state index contributed by atoms with van der Waals surface area (Å²) < 4.78 is 40.5. The Morgan fingerprint density at radius 1 is 1.16 bits per heavy atom. The fourth-order valence-electron chi connectivity index (χ4n) is 3.19. The molecule has 0 aliphatic carbocycles. The normalized spacial score (nSPS) is 12.2. The first-order valence-corrected chi connectivity index (χ1v) is 11.0. The van der Waals surface area contributed by atoms with Crippen molar-refractivity contribution in [2.24, 2.45) is 0 Å². The first kappa shape index (κ1) is 23.4. The van der Waals surface area contributed by atoms with E-state index in [-0.39, 0.29) is 39.3 Å². The monoisotopic (exact) mass is 470 g/mol. The molecule has 1 N–H and O–H groups in total. The Kier molecular flexibility index (Phi) is 6.85. The van der Waals surface area contributed by atoms with Gasteiger partial charge in [0.15, 0.2) is 10.8 Å². The predicted octanol–water partition coefficient (Wildman–Crippen LogP) is 6.38. The SMILES string of the molecule is CC(C)c1cccc(C(C)C)c1NC(=O)CSc1nnc2c(Cl)cc(C(F)(F)F)cn12. The molecule has 2 aromatic heterocycles. The lowest BCUT2D eigenvalue weighted by atomic mass is 9.92. The molecule has 0 atom stereocenters. The number of halogens is 4. The summed E-state index contributed by atoms with van der Waals surface area (Å²) in [5.74, 6) is 0.100. The molecular weight excluding hydrogens is 449 g/mol.